The second-order valence-corrected chi connectivity index (χ2v) is 16.1. The third-order valence-corrected chi connectivity index (χ3v) is 10.4. The molecule has 342 valence electrons. The summed E-state index contributed by atoms with van der Waals surface area (Å²) in [6.07, 6.45) is 15.1. The summed E-state index contributed by atoms with van der Waals surface area (Å²) in [7, 11) is 0. The molecular formula is C42H57ClLiN11O9. The SMILES string of the molecule is CC(=O)c1cnn2ccc(Cl)nc12.CC(=O)c1cnn2ccc(N3C[C@@H](C)O[C@@H](C)C3)nc12.C[C@@H]1CCC[C@H](C)O1.C[C@@H]1CN(c2ccn3ncc(C(=O)O)c3n2)C[C@H](C)O1.O.[Li+].[OH-]. The predicted molar refractivity (Wildman–Crippen MR) is 235 cm³/mol. The average molecular weight is 902 g/mol. The number of anilines is 2. The van der Waals surface area contributed by atoms with Gasteiger partial charge in [-0.1, -0.05) is 11.6 Å². The summed E-state index contributed by atoms with van der Waals surface area (Å²) in [6.45, 7) is 18.5. The zero-order chi connectivity index (χ0) is 44.0. The van der Waals surface area contributed by atoms with Crippen molar-refractivity contribution in [1.29, 1.82) is 0 Å². The van der Waals surface area contributed by atoms with Gasteiger partial charge < -0.3 is 40.1 Å². The zero-order valence-electron chi connectivity index (χ0n) is 37.8. The molecule has 0 radical (unpaired) electrons. The molecule has 22 heteroatoms. The second kappa shape index (κ2) is 23.8. The van der Waals surface area contributed by atoms with E-state index in [4.69, 9.17) is 30.9 Å². The van der Waals surface area contributed by atoms with Crippen LogP contribution in [0.15, 0.2) is 55.4 Å². The molecule has 0 aliphatic carbocycles. The number of Topliss-reactive ketones (excluding diaryl/α,β-unsaturated/α-hetero) is 2. The Balaban J connectivity index is 0.000000234. The van der Waals surface area contributed by atoms with Crippen molar-refractivity contribution in [1.82, 2.24) is 43.8 Å². The van der Waals surface area contributed by atoms with Gasteiger partial charge in [-0.3, -0.25) is 9.59 Å². The van der Waals surface area contributed by atoms with Crippen molar-refractivity contribution < 1.29 is 63.5 Å². The fourth-order valence-corrected chi connectivity index (χ4v) is 7.66. The first-order valence-electron chi connectivity index (χ1n) is 20.5. The third kappa shape index (κ3) is 13.5. The quantitative estimate of drug-likeness (QED) is 0.148. The van der Waals surface area contributed by atoms with Gasteiger partial charge in [0.25, 0.3) is 0 Å². The molecule has 0 bridgehead atoms. The first kappa shape index (κ1) is 53.3. The summed E-state index contributed by atoms with van der Waals surface area (Å²) < 4.78 is 21.5. The number of morpholine rings is 2. The standard InChI is InChI=1S/C14H18N4O2.C13H16N4O3.C8H6ClN3O.C7H14O.Li.2H2O/c1-9-7-17(8-10(2)20-9)13-4-5-18-14(16-13)12(6-15-18)11(3)19;1-8-6-16(7-9(2)20-8)11-3-4-17-12(15-11)10(5-14-17)13(18)19;1-5(13)6-4-10-12-3-2-7(9)11-8(6)12;1-6-4-3-5-7(2)8-6;;;/h4-6,9-10H,7-8H2,1-3H3;3-5,8-9H,6-7H2,1-2H3,(H,18,19);2-4H,1H3;6-7H,3-5H2,1-2H3;;2*1H2/q;;;;+1;;/p-1/t9-,10+;8-,9+;;6-,7+;;;. The van der Waals surface area contributed by atoms with E-state index < -0.39 is 5.97 Å². The first-order chi connectivity index (χ1) is 29.1. The number of hydrogen-bond acceptors (Lipinski definition) is 15. The molecule has 6 atom stereocenters. The van der Waals surface area contributed by atoms with Gasteiger partial charge in [0.1, 0.15) is 22.4 Å². The number of ether oxygens (including phenoxy) is 3. The van der Waals surface area contributed by atoms with Gasteiger partial charge in [-0.15, -0.1) is 0 Å². The van der Waals surface area contributed by atoms with Crippen molar-refractivity contribution in [3.8, 4) is 0 Å². The Labute approximate surface area is 388 Å². The molecule has 0 unspecified atom stereocenters. The van der Waals surface area contributed by atoms with E-state index >= 15 is 0 Å². The fraction of sp³-hybridized carbons (Fsp3) is 0.500. The fourth-order valence-electron chi connectivity index (χ4n) is 7.52. The van der Waals surface area contributed by atoms with Gasteiger partial charge in [0.2, 0.25) is 0 Å². The van der Waals surface area contributed by atoms with E-state index in [9.17, 15) is 14.4 Å². The smallest absolute Gasteiger partial charge is 0.870 e. The van der Waals surface area contributed by atoms with Crippen LogP contribution < -0.4 is 28.7 Å². The third-order valence-electron chi connectivity index (χ3n) is 10.2. The maximum Gasteiger partial charge on any atom is 1.00 e. The Hall–Kier alpha value is -5.04. The van der Waals surface area contributed by atoms with Crippen LogP contribution in [0.4, 0.5) is 11.6 Å². The molecule has 4 N–H and O–H groups in total. The molecule has 3 aliphatic heterocycles. The summed E-state index contributed by atoms with van der Waals surface area (Å²) in [5, 5.41) is 21.6. The Kier molecular flexibility index (Phi) is 19.8. The summed E-state index contributed by atoms with van der Waals surface area (Å²) in [5.74, 6) is 0.511. The molecule has 9 heterocycles. The van der Waals surface area contributed by atoms with E-state index in [1.165, 1.54) is 54.5 Å². The van der Waals surface area contributed by atoms with Crippen molar-refractivity contribution in [3.63, 3.8) is 0 Å². The van der Waals surface area contributed by atoms with Crippen LogP contribution in [0.25, 0.3) is 16.9 Å². The number of nitrogens with zero attached hydrogens (tertiary/aromatic N) is 11. The number of aromatic carboxylic acids is 1. The topological polar surface area (TPSA) is 258 Å². The Bertz CT molecular complexity index is 2340. The van der Waals surface area contributed by atoms with Gasteiger partial charge in [0.05, 0.1) is 66.3 Å². The summed E-state index contributed by atoms with van der Waals surface area (Å²) in [6, 6.07) is 5.39. The van der Waals surface area contributed by atoms with E-state index in [-0.39, 0.29) is 71.4 Å². The van der Waals surface area contributed by atoms with Crippen LogP contribution in [0, 0.1) is 0 Å². The molecule has 0 spiro atoms. The minimum Gasteiger partial charge on any atom is -0.870 e. The molecule has 3 saturated heterocycles. The van der Waals surface area contributed by atoms with Crippen LogP contribution >= 0.6 is 11.6 Å². The van der Waals surface area contributed by atoms with E-state index in [1.807, 2.05) is 32.2 Å². The Morgan fingerprint density at radius 2 is 0.938 bits per heavy atom. The summed E-state index contributed by atoms with van der Waals surface area (Å²) in [4.78, 5) is 51.2. The van der Waals surface area contributed by atoms with E-state index in [0.29, 0.717) is 45.4 Å². The normalized spacial score (nSPS) is 21.6. The van der Waals surface area contributed by atoms with Crippen LogP contribution in [0.2, 0.25) is 5.15 Å². The summed E-state index contributed by atoms with van der Waals surface area (Å²) >= 11 is 5.69. The Morgan fingerprint density at radius 3 is 1.30 bits per heavy atom. The van der Waals surface area contributed by atoms with Crippen LogP contribution in [0.3, 0.4) is 0 Å². The molecule has 64 heavy (non-hydrogen) atoms. The molecular weight excluding hydrogens is 845 g/mol. The number of rotatable bonds is 5. The number of carbonyl (C=O) groups excluding carboxylic acids is 2. The number of carboxylic acids is 1. The van der Waals surface area contributed by atoms with Gasteiger partial charge in [-0.25, -0.2) is 33.3 Å². The number of hydrogen-bond donors (Lipinski definition) is 1. The van der Waals surface area contributed by atoms with Crippen LogP contribution in [0.1, 0.15) is 106 Å². The number of halogens is 1. The van der Waals surface area contributed by atoms with Crippen molar-refractivity contribution >= 4 is 57.7 Å². The number of ketones is 2. The molecule has 6 aromatic rings. The number of carboxylic acid groups (broad SMARTS) is 1. The van der Waals surface area contributed by atoms with Crippen molar-refractivity contribution in [2.24, 2.45) is 0 Å². The molecule has 0 aromatic carbocycles. The van der Waals surface area contributed by atoms with Crippen molar-refractivity contribution in [2.45, 2.75) is 111 Å². The number of fused-ring (bicyclic) bond motifs is 3. The average Bonchev–Trinajstić information content (AvgIpc) is 3.94. The minimum absolute atomic E-state index is 0. The van der Waals surface area contributed by atoms with Crippen LogP contribution in [-0.2, 0) is 14.2 Å². The largest absolute Gasteiger partial charge is 1.00 e. The molecule has 3 aliphatic rings. The number of carbonyl (C=O) groups is 3. The van der Waals surface area contributed by atoms with Gasteiger partial charge in [0, 0.05) is 44.8 Å². The van der Waals surface area contributed by atoms with Gasteiger partial charge in [0.15, 0.2) is 28.5 Å². The van der Waals surface area contributed by atoms with E-state index in [2.05, 4.69) is 67.7 Å². The van der Waals surface area contributed by atoms with Crippen molar-refractivity contribution in [3.05, 3.63) is 77.2 Å². The number of aromatic nitrogens is 9. The summed E-state index contributed by atoms with van der Waals surface area (Å²) in [5.41, 5.74) is 2.63. The van der Waals surface area contributed by atoms with E-state index in [1.54, 1.807) is 29.2 Å². The molecule has 20 nitrogen and oxygen atoms in total. The maximum absolute atomic E-state index is 11.6. The van der Waals surface area contributed by atoms with Crippen LogP contribution in [0.5, 0.6) is 0 Å². The second-order valence-electron chi connectivity index (χ2n) is 15.7. The van der Waals surface area contributed by atoms with E-state index in [0.717, 1.165) is 37.8 Å². The molecule has 0 amide bonds. The monoisotopic (exact) mass is 901 g/mol. The maximum atomic E-state index is 11.6. The van der Waals surface area contributed by atoms with Crippen molar-refractivity contribution in [2.75, 3.05) is 36.0 Å². The van der Waals surface area contributed by atoms with Gasteiger partial charge >= 0.3 is 24.8 Å². The van der Waals surface area contributed by atoms with Crippen LogP contribution in [-0.4, -0.2) is 140 Å². The minimum atomic E-state index is -1.02. The molecule has 3 fully saturated rings. The zero-order valence-corrected chi connectivity index (χ0v) is 38.5. The van der Waals surface area contributed by atoms with Gasteiger partial charge in [-0.2, -0.15) is 15.3 Å². The van der Waals surface area contributed by atoms with Gasteiger partial charge in [-0.05, 0) is 92.9 Å². The molecule has 0 saturated carbocycles. The molecule has 6 aromatic heterocycles. The predicted octanol–water partition coefficient (Wildman–Crippen LogP) is 2.14. The molecule has 9 rings (SSSR count). The Morgan fingerprint density at radius 1 is 0.594 bits per heavy atom. The first-order valence-corrected chi connectivity index (χ1v) is 20.8.